The van der Waals surface area contributed by atoms with Crippen LogP contribution in [0, 0.1) is 18.3 Å². The monoisotopic (exact) mass is 359 g/mol. The maximum absolute atomic E-state index is 13.0. The molecule has 0 spiro atoms. The van der Waals surface area contributed by atoms with Crippen molar-refractivity contribution in [3.63, 3.8) is 0 Å². The molecule has 2 rings (SSSR count). The molecular weight excluding hydrogens is 343 g/mol. The second-order valence-corrected chi connectivity index (χ2v) is 5.54. The summed E-state index contributed by atoms with van der Waals surface area (Å²) in [6, 6.07) is 13.9. The number of alkyl halides is 3. The van der Waals surface area contributed by atoms with Crippen molar-refractivity contribution in [1.82, 2.24) is 5.32 Å². The first kappa shape index (κ1) is 19.1. The van der Waals surface area contributed by atoms with Gasteiger partial charge in [0.05, 0.1) is 11.3 Å². The van der Waals surface area contributed by atoms with Crippen molar-refractivity contribution in [2.45, 2.75) is 19.6 Å². The zero-order chi connectivity index (χ0) is 19.2. The molecular formula is C19H16F3N3O. The van der Waals surface area contributed by atoms with Crippen molar-refractivity contribution in [1.29, 1.82) is 5.26 Å². The third-order valence-electron chi connectivity index (χ3n) is 3.48. The van der Waals surface area contributed by atoms with Gasteiger partial charge >= 0.3 is 6.18 Å². The van der Waals surface area contributed by atoms with E-state index in [9.17, 15) is 18.0 Å². The van der Waals surface area contributed by atoms with Gasteiger partial charge in [0.1, 0.15) is 11.6 Å². The van der Waals surface area contributed by atoms with Gasteiger partial charge in [-0.2, -0.15) is 18.4 Å². The smallest absolute Gasteiger partial charge is 0.386 e. The Morgan fingerprint density at radius 3 is 2.58 bits per heavy atom. The molecule has 0 radical (unpaired) electrons. The molecule has 0 atom stereocenters. The van der Waals surface area contributed by atoms with Crippen LogP contribution < -0.4 is 10.6 Å². The average Bonchev–Trinajstić information content (AvgIpc) is 2.58. The first-order valence-electron chi connectivity index (χ1n) is 7.68. The SMILES string of the molecule is Cc1cccc(CN/C=C(/C#N)C(=O)Nc2ccccc2C(F)(F)F)c1. The van der Waals surface area contributed by atoms with Gasteiger partial charge in [-0.05, 0) is 24.6 Å². The standard InChI is InChI=1S/C19H16F3N3O/c1-13-5-4-6-14(9-13)11-24-12-15(10-23)18(26)25-17-8-3-2-7-16(17)19(20,21)22/h2-9,12,24H,11H2,1H3,(H,25,26)/b15-12-. The lowest BCUT2D eigenvalue weighted by Crippen LogP contribution is -2.19. The second-order valence-electron chi connectivity index (χ2n) is 5.54. The predicted molar refractivity (Wildman–Crippen MR) is 91.8 cm³/mol. The van der Waals surface area contributed by atoms with Gasteiger partial charge in [-0.25, -0.2) is 0 Å². The number of hydrogen-bond donors (Lipinski definition) is 2. The van der Waals surface area contributed by atoms with E-state index in [1.807, 2.05) is 31.2 Å². The summed E-state index contributed by atoms with van der Waals surface area (Å²) in [7, 11) is 0. The van der Waals surface area contributed by atoms with E-state index >= 15 is 0 Å². The molecule has 134 valence electrons. The van der Waals surface area contributed by atoms with Crippen molar-refractivity contribution in [2.75, 3.05) is 5.32 Å². The predicted octanol–water partition coefficient (Wildman–Crippen LogP) is 4.15. The fourth-order valence-corrected chi connectivity index (χ4v) is 2.27. The largest absolute Gasteiger partial charge is 0.418 e. The first-order chi connectivity index (χ1) is 12.3. The van der Waals surface area contributed by atoms with Gasteiger partial charge in [-0.3, -0.25) is 4.79 Å². The third-order valence-corrected chi connectivity index (χ3v) is 3.48. The Balaban J connectivity index is 2.09. The number of para-hydroxylation sites is 1. The van der Waals surface area contributed by atoms with Crippen molar-refractivity contribution in [3.8, 4) is 6.07 Å². The Morgan fingerprint density at radius 1 is 1.19 bits per heavy atom. The topological polar surface area (TPSA) is 64.9 Å². The highest BCUT2D eigenvalue weighted by molar-refractivity contribution is 6.06. The van der Waals surface area contributed by atoms with Crippen LogP contribution in [0.5, 0.6) is 0 Å². The number of nitrogens with zero attached hydrogens (tertiary/aromatic N) is 1. The summed E-state index contributed by atoms with van der Waals surface area (Å²) in [5.41, 5.74) is 0.314. The molecule has 0 aliphatic heterocycles. The molecule has 2 aromatic rings. The molecule has 2 N–H and O–H groups in total. The van der Waals surface area contributed by atoms with E-state index in [4.69, 9.17) is 5.26 Å². The molecule has 0 saturated carbocycles. The Labute approximate surface area is 149 Å². The van der Waals surface area contributed by atoms with Crippen molar-refractivity contribution < 1.29 is 18.0 Å². The minimum atomic E-state index is -4.61. The summed E-state index contributed by atoms with van der Waals surface area (Å²) in [5.74, 6) is -0.916. The van der Waals surface area contributed by atoms with Crippen LogP contribution in [0.15, 0.2) is 60.3 Å². The molecule has 0 saturated heterocycles. The molecule has 7 heteroatoms. The van der Waals surface area contributed by atoms with Crippen molar-refractivity contribution in [2.24, 2.45) is 0 Å². The van der Waals surface area contributed by atoms with Crippen molar-refractivity contribution in [3.05, 3.63) is 77.0 Å². The molecule has 4 nitrogen and oxygen atoms in total. The fourth-order valence-electron chi connectivity index (χ4n) is 2.27. The van der Waals surface area contributed by atoms with E-state index in [0.717, 1.165) is 23.3 Å². The quantitative estimate of drug-likeness (QED) is 0.623. The summed E-state index contributed by atoms with van der Waals surface area (Å²) >= 11 is 0. The number of carbonyl (C=O) groups excluding carboxylic acids is 1. The normalized spacial score (nSPS) is 11.6. The summed E-state index contributed by atoms with van der Waals surface area (Å²) in [4.78, 5) is 12.1. The van der Waals surface area contributed by atoms with E-state index in [-0.39, 0.29) is 5.57 Å². The zero-order valence-corrected chi connectivity index (χ0v) is 13.9. The molecule has 2 aromatic carbocycles. The van der Waals surface area contributed by atoms with Gasteiger partial charge in [0.2, 0.25) is 0 Å². The number of benzene rings is 2. The number of carbonyl (C=O) groups is 1. The van der Waals surface area contributed by atoms with Crippen LogP contribution >= 0.6 is 0 Å². The van der Waals surface area contributed by atoms with Gasteiger partial charge in [0.15, 0.2) is 0 Å². The fraction of sp³-hybridized carbons (Fsp3) is 0.158. The van der Waals surface area contributed by atoms with Crippen LogP contribution in [0.25, 0.3) is 0 Å². The minimum Gasteiger partial charge on any atom is -0.386 e. The molecule has 0 aliphatic rings. The van der Waals surface area contributed by atoms with Crippen LogP contribution in [0.1, 0.15) is 16.7 Å². The maximum Gasteiger partial charge on any atom is 0.418 e. The molecule has 0 unspecified atom stereocenters. The van der Waals surface area contributed by atoms with E-state index < -0.39 is 23.3 Å². The Bertz CT molecular complexity index is 867. The number of anilines is 1. The molecule has 0 bridgehead atoms. The van der Waals surface area contributed by atoms with Crippen LogP contribution in [-0.2, 0) is 17.5 Å². The van der Waals surface area contributed by atoms with Crippen LogP contribution in [0.3, 0.4) is 0 Å². The number of rotatable bonds is 5. The van der Waals surface area contributed by atoms with Gasteiger partial charge in [0, 0.05) is 12.7 Å². The summed E-state index contributed by atoms with van der Waals surface area (Å²) in [6.07, 6.45) is -3.42. The minimum absolute atomic E-state index is 0.324. The number of aryl methyl sites for hydroxylation is 1. The number of amides is 1. The highest BCUT2D eigenvalue weighted by atomic mass is 19.4. The molecule has 0 fully saturated rings. The Morgan fingerprint density at radius 2 is 1.92 bits per heavy atom. The number of nitrogens with one attached hydrogen (secondary N) is 2. The molecule has 0 aliphatic carbocycles. The maximum atomic E-state index is 13.0. The molecule has 0 heterocycles. The van der Waals surface area contributed by atoms with Crippen molar-refractivity contribution >= 4 is 11.6 Å². The lowest BCUT2D eigenvalue weighted by atomic mass is 10.1. The first-order valence-corrected chi connectivity index (χ1v) is 7.68. The summed E-state index contributed by atoms with van der Waals surface area (Å²) in [5, 5.41) is 14.1. The van der Waals surface area contributed by atoms with Gasteiger partial charge < -0.3 is 10.6 Å². The van der Waals surface area contributed by atoms with E-state index in [1.165, 1.54) is 18.3 Å². The number of nitriles is 1. The lowest BCUT2D eigenvalue weighted by Gasteiger charge is -2.13. The van der Waals surface area contributed by atoms with Crippen LogP contribution in [0.4, 0.5) is 18.9 Å². The Hall–Kier alpha value is -3.27. The van der Waals surface area contributed by atoms with Gasteiger partial charge in [-0.15, -0.1) is 0 Å². The second kappa shape index (κ2) is 8.21. The zero-order valence-electron chi connectivity index (χ0n) is 13.9. The van der Waals surface area contributed by atoms with E-state index in [2.05, 4.69) is 10.6 Å². The molecule has 1 amide bonds. The highest BCUT2D eigenvalue weighted by Crippen LogP contribution is 2.34. The molecule has 26 heavy (non-hydrogen) atoms. The third kappa shape index (κ3) is 5.11. The molecule has 0 aromatic heterocycles. The van der Waals surface area contributed by atoms with Gasteiger partial charge in [-0.1, -0.05) is 42.0 Å². The number of hydrogen-bond acceptors (Lipinski definition) is 3. The van der Waals surface area contributed by atoms with Gasteiger partial charge in [0.25, 0.3) is 5.91 Å². The van der Waals surface area contributed by atoms with Crippen LogP contribution in [0.2, 0.25) is 0 Å². The van der Waals surface area contributed by atoms with E-state index in [1.54, 1.807) is 6.07 Å². The van der Waals surface area contributed by atoms with E-state index in [0.29, 0.717) is 6.54 Å². The number of halogens is 3. The lowest BCUT2D eigenvalue weighted by molar-refractivity contribution is -0.137. The van der Waals surface area contributed by atoms with Crippen LogP contribution in [-0.4, -0.2) is 5.91 Å². The average molecular weight is 359 g/mol. The summed E-state index contributed by atoms with van der Waals surface area (Å²) in [6.45, 7) is 2.31. The summed E-state index contributed by atoms with van der Waals surface area (Å²) < 4.78 is 38.9. The Kier molecular flexibility index (Phi) is 6.02. The highest BCUT2D eigenvalue weighted by Gasteiger charge is 2.33.